The van der Waals surface area contributed by atoms with E-state index in [0.717, 1.165) is 17.5 Å². The monoisotopic (exact) mass is 229 g/mol. The molecule has 0 fully saturated rings. The first-order chi connectivity index (χ1) is 6.72. The predicted octanol–water partition coefficient (Wildman–Crippen LogP) is 1.67. The van der Waals surface area contributed by atoms with Gasteiger partial charge in [0.2, 0.25) is 0 Å². The Morgan fingerprint density at radius 2 is 2.07 bits per heavy atom. The molecule has 0 bridgehead atoms. The van der Waals surface area contributed by atoms with Crippen molar-refractivity contribution in [2.45, 2.75) is 19.9 Å². The topological polar surface area (TPSA) is 52.3 Å². The lowest BCUT2D eigenvalue weighted by Crippen LogP contribution is -2.04. The summed E-state index contributed by atoms with van der Waals surface area (Å²) < 4.78 is 4.85. The van der Waals surface area contributed by atoms with Crippen molar-refractivity contribution in [3.63, 3.8) is 0 Å². The molecule has 2 N–H and O–H groups in total. The van der Waals surface area contributed by atoms with Crippen molar-refractivity contribution in [3.8, 4) is 0 Å². The second-order valence-electron chi connectivity index (χ2n) is 3.11. The van der Waals surface area contributed by atoms with Crippen LogP contribution < -0.4 is 5.73 Å². The minimum absolute atomic E-state index is 0. The number of benzene rings is 1. The lowest BCUT2D eigenvalue weighted by Gasteiger charge is -2.03. The molecule has 1 aromatic carbocycles. The molecule has 0 spiro atoms. The molecule has 0 heterocycles. The summed E-state index contributed by atoms with van der Waals surface area (Å²) in [6.45, 7) is 2.39. The molecule has 1 rings (SSSR count). The van der Waals surface area contributed by atoms with Gasteiger partial charge in [-0.3, -0.25) is 4.79 Å². The molecule has 84 valence electrons. The average molecular weight is 230 g/mol. The summed E-state index contributed by atoms with van der Waals surface area (Å²) in [4.78, 5) is 10.5. The number of halogens is 1. The van der Waals surface area contributed by atoms with Crippen LogP contribution in [-0.2, 0) is 22.5 Å². The maximum atomic E-state index is 10.5. The van der Waals surface area contributed by atoms with Crippen molar-refractivity contribution in [2.75, 3.05) is 6.61 Å². The van der Waals surface area contributed by atoms with E-state index >= 15 is 0 Å². The van der Waals surface area contributed by atoms with Crippen LogP contribution in [0.5, 0.6) is 0 Å². The van der Waals surface area contributed by atoms with Crippen LogP contribution in [-0.4, -0.2) is 12.6 Å². The highest BCUT2D eigenvalue weighted by Gasteiger charge is 1.96. The number of nitrogens with two attached hydrogens (primary N) is 1. The largest absolute Gasteiger partial charge is 0.466 e. The van der Waals surface area contributed by atoms with Crippen molar-refractivity contribution < 1.29 is 9.53 Å². The highest BCUT2D eigenvalue weighted by atomic mass is 35.5. The third-order valence-corrected chi connectivity index (χ3v) is 1.92. The fourth-order valence-electron chi connectivity index (χ4n) is 1.22. The van der Waals surface area contributed by atoms with Gasteiger partial charge in [0.1, 0.15) is 0 Å². The summed E-state index contributed by atoms with van der Waals surface area (Å²) in [7, 11) is 0. The zero-order chi connectivity index (χ0) is 10.4. The van der Waals surface area contributed by atoms with Gasteiger partial charge < -0.3 is 10.5 Å². The maximum Gasteiger partial charge on any atom is 0.302 e. The van der Waals surface area contributed by atoms with Crippen LogP contribution in [0.25, 0.3) is 0 Å². The summed E-state index contributed by atoms with van der Waals surface area (Å²) in [6.07, 6.45) is 0.743. The van der Waals surface area contributed by atoms with E-state index in [4.69, 9.17) is 10.5 Å². The second kappa shape index (κ2) is 7.26. The van der Waals surface area contributed by atoms with Crippen molar-refractivity contribution in [1.82, 2.24) is 0 Å². The molecule has 3 nitrogen and oxygen atoms in total. The molecule has 0 radical (unpaired) electrons. The third-order valence-electron chi connectivity index (χ3n) is 1.92. The van der Waals surface area contributed by atoms with E-state index in [1.54, 1.807) is 0 Å². The van der Waals surface area contributed by atoms with Crippen molar-refractivity contribution >= 4 is 18.4 Å². The summed E-state index contributed by atoms with van der Waals surface area (Å²) >= 11 is 0. The van der Waals surface area contributed by atoms with E-state index < -0.39 is 0 Å². The Kier molecular flexibility index (Phi) is 6.75. The van der Waals surface area contributed by atoms with Crippen LogP contribution >= 0.6 is 12.4 Å². The lowest BCUT2D eigenvalue weighted by atomic mass is 10.1. The standard InChI is InChI=1S/C11H15NO2.ClH/c1-9(13)14-6-5-10-3-2-4-11(7-10)8-12;/h2-4,7H,5-6,8,12H2,1H3;1H. The van der Waals surface area contributed by atoms with Gasteiger partial charge in [0.15, 0.2) is 0 Å². The van der Waals surface area contributed by atoms with Gasteiger partial charge in [0, 0.05) is 19.9 Å². The van der Waals surface area contributed by atoms with Gasteiger partial charge in [-0.1, -0.05) is 24.3 Å². The van der Waals surface area contributed by atoms with Gasteiger partial charge in [-0.15, -0.1) is 12.4 Å². The van der Waals surface area contributed by atoms with Crippen LogP contribution in [0.1, 0.15) is 18.1 Å². The van der Waals surface area contributed by atoms with E-state index in [0.29, 0.717) is 13.2 Å². The number of hydrogen-bond acceptors (Lipinski definition) is 3. The fraction of sp³-hybridized carbons (Fsp3) is 0.364. The fourth-order valence-corrected chi connectivity index (χ4v) is 1.22. The first-order valence-electron chi connectivity index (χ1n) is 4.63. The van der Waals surface area contributed by atoms with Gasteiger partial charge in [0.25, 0.3) is 0 Å². The molecule has 0 unspecified atom stereocenters. The number of hydrogen-bond donors (Lipinski definition) is 1. The highest BCUT2D eigenvalue weighted by molar-refractivity contribution is 5.85. The van der Waals surface area contributed by atoms with E-state index in [9.17, 15) is 4.79 Å². The first-order valence-corrected chi connectivity index (χ1v) is 4.63. The second-order valence-corrected chi connectivity index (χ2v) is 3.11. The molecule has 0 saturated carbocycles. The van der Waals surface area contributed by atoms with E-state index in [-0.39, 0.29) is 18.4 Å². The Morgan fingerprint density at radius 1 is 1.40 bits per heavy atom. The Hall–Kier alpha value is -1.06. The predicted molar refractivity (Wildman–Crippen MR) is 61.9 cm³/mol. The highest BCUT2D eigenvalue weighted by Crippen LogP contribution is 2.05. The van der Waals surface area contributed by atoms with Crippen LogP contribution in [0.15, 0.2) is 24.3 Å². The molecular formula is C11H16ClNO2. The van der Waals surface area contributed by atoms with Crippen LogP contribution in [0.4, 0.5) is 0 Å². The molecule has 0 saturated heterocycles. The lowest BCUT2D eigenvalue weighted by molar-refractivity contribution is -0.140. The van der Waals surface area contributed by atoms with E-state index in [2.05, 4.69) is 0 Å². The summed E-state index contributed by atoms with van der Waals surface area (Å²) in [5, 5.41) is 0. The molecular weight excluding hydrogens is 214 g/mol. The third kappa shape index (κ3) is 5.40. The summed E-state index contributed by atoms with van der Waals surface area (Å²) in [6, 6.07) is 7.98. The Balaban J connectivity index is 0.00000196. The SMILES string of the molecule is CC(=O)OCCc1cccc(CN)c1.Cl. The minimum Gasteiger partial charge on any atom is -0.466 e. The Morgan fingerprint density at radius 3 is 2.67 bits per heavy atom. The molecule has 0 aromatic heterocycles. The normalized spacial score (nSPS) is 9.20. The van der Waals surface area contributed by atoms with E-state index in [1.807, 2.05) is 24.3 Å². The van der Waals surface area contributed by atoms with Gasteiger partial charge in [-0.25, -0.2) is 0 Å². The van der Waals surface area contributed by atoms with Gasteiger partial charge in [0.05, 0.1) is 6.61 Å². The number of ether oxygens (including phenoxy) is 1. The molecule has 1 aromatic rings. The number of carbonyl (C=O) groups excluding carboxylic acids is 1. The molecule has 0 aliphatic carbocycles. The smallest absolute Gasteiger partial charge is 0.302 e. The molecule has 0 aliphatic rings. The molecule has 0 atom stereocenters. The first kappa shape index (κ1) is 13.9. The van der Waals surface area contributed by atoms with Gasteiger partial charge in [-0.2, -0.15) is 0 Å². The molecule has 4 heteroatoms. The van der Waals surface area contributed by atoms with E-state index in [1.165, 1.54) is 6.92 Å². The maximum absolute atomic E-state index is 10.5. The van der Waals surface area contributed by atoms with Gasteiger partial charge >= 0.3 is 5.97 Å². The zero-order valence-corrected chi connectivity index (χ0v) is 9.55. The Bertz CT molecular complexity index is 315. The number of carbonyl (C=O) groups is 1. The van der Waals surface area contributed by atoms with Gasteiger partial charge in [-0.05, 0) is 11.1 Å². The van der Waals surface area contributed by atoms with Crippen LogP contribution in [0.3, 0.4) is 0 Å². The number of esters is 1. The molecule has 0 amide bonds. The van der Waals surface area contributed by atoms with Crippen molar-refractivity contribution in [1.29, 1.82) is 0 Å². The molecule has 0 aliphatic heterocycles. The van der Waals surface area contributed by atoms with Crippen molar-refractivity contribution in [3.05, 3.63) is 35.4 Å². The van der Waals surface area contributed by atoms with Crippen LogP contribution in [0, 0.1) is 0 Å². The summed E-state index contributed by atoms with van der Waals surface area (Å²) in [5.74, 6) is -0.236. The average Bonchev–Trinajstić information content (AvgIpc) is 2.18. The quantitative estimate of drug-likeness (QED) is 0.800. The van der Waals surface area contributed by atoms with Crippen molar-refractivity contribution in [2.24, 2.45) is 5.73 Å². The zero-order valence-electron chi connectivity index (χ0n) is 8.73. The van der Waals surface area contributed by atoms with Crippen LogP contribution in [0.2, 0.25) is 0 Å². The Labute approximate surface area is 96.0 Å². The molecule has 15 heavy (non-hydrogen) atoms. The minimum atomic E-state index is -0.236. The summed E-state index contributed by atoms with van der Waals surface area (Å²) in [5.41, 5.74) is 7.76. The number of rotatable bonds is 4.